The molecule has 2 amide bonds. The first-order valence-electron chi connectivity index (χ1n) is 11.0. The Morgan fingerprint density at radius 3 is 2.73 bits per heavy atom. The van der Waals surface area contributed by atoms with Crippen LogP contribution in [0.25, 0.3) is 0 Å². The van der Waals surface area contributed by atoms with Gasteiger partial charge in [0.15, 0.2) is 5.82 Å². The van der Waals surface area contributed by atoms with Crippen LogP contribution in [0.2, 0.25) is 5.02 Å². The number of fused-ring (bicyclic) bond motifs is 1. The average Bonchev–Trinajstić information content (AvgIpc) is 3.44. The van der Waals surface area contributed by atoms with Crippen LogP contribution < -0.4 is 4.90 Å². The summed E-state index contributed by atoms with van der Waals surface area (Å²) in [6, 6.07) is 5.20. The molecule has 0 spiro atoms. The number of aromatic nitrogens is 3. The molecule has 3 aliphatic heterocycles. The molecule has 2 aromatic rings. The first kappa shape index (κ1) is 19.5. The Kier molecular flexibility index (Phi) is 5.23. The summed E-state index contributed by atoms with van der Waals surface area (Å²) in [6.45, 7) is 2.28. The number of benzene rings is 1. The predicted octanol–water partition coefficient (Wildman–Crippen LogP) is 3.76. The van der Waals surface area contributed by atoms with E-state index in [1.165, 1.54) is 6.42 Å². The Morgan fingerprint density at radius 2 is 1.90 bits per heavy atom. The van der Waals surface area contributed by atoms with Gasteiger partial charge in [-0.1, -0.05) is 18.0 Å². The minimum atomic E-state index is -0.0515. The summed E-state index contributed by atoms with van der Waals surface area (Å²) in [5.41, 5.74) is 1.20. The highest BCUT2D eigenvalue weighted by Crippen LogP contribution is 2.35. The lowest BCUT2D eigenvalue weighted by Gasteiger charge is -2.25. The molecule has 2 saturated heterocycles. The fourth-order valence-electron chi connectivity index (χ4n) is 4.95. The van der Waals surface area contributed by atoms with E-state index in [1.807, 2.05) is 4.90 Å². The average molecular weight is 428 g/mol. The van der Waals surface area contributed by atoms with Gasteiger partial charge in [0.2, 0.25) is 5.91 Å². The van der Waals surface area contributed by atoms with Crippen LogP contribution in [-0.4, -0.2) is 44.6 Å². The molecule has 1 atom stereocenters. The van der Waals surface area contributed by atoms with Crippen molar-refractivity contribution < 1.29 is 9.59 Å². The Morgan fingerprint density at radius 1 is 1.00 bits per heavy atom. The van der Waals surface area contributed by atoms with Crippen molar-refractivity contribution in [1.82, 2.24) is 19.7 Å². The molecule has 7 nitrogen and oxygen atoms in total. The fourth-order valence-corrected chi connectivity index (χ4v) is 5.17. The van der Waals surface area contributed by atoms with E-state index >= 15 is 0 Å². The number of rotatable bonds is 3. The van der Waals surface area contributed by atoms with Crippen LogP contribution in [0.5, 0.6) is 0 Å². The van der Waals surface area contributed by atoms with Gasteiger partial charge in [-0.15, -0.1) is 10.2 Å². The van der Waals surface area contributed by atoms with E-state index in [9.17, 15) is 9.59 Å². The van der Waals surface area contributed by atoms with Gasteiger partial charge in [0.1, 0.15) is 5.82 Å². The van der Waals surface area contributed by atoms with Crippen LogP contribution in [-0.2, 0) is 17.8 Å². The number of amides is 2. The number of hydrogen-bond acceptors (Lipinski definition) is 4. The van der Waals surface area contributed by atoms with E-state index < -0.39 is 0 Å². The molecule has 3 aliphatic rings. The minimum Gasteiger partial charge on any atom is -0.328 e. The van der Waals surface area contributed by atoms with Gasteiger partial charge in [0.05, 0.1) is 16.8 Å². The summed E-state index contributed by atoms with van der Waals surface area (Å²) in [4.78, 5) is 29.3. The van der Waals surface area contributed by atoms with Crippen LogP contribution in [0.4, 0.5) is 5.69 Å². The van der Waals surface area contributed by atoms with Gasteiger partial charge in [-0.2, -0.15) is 0 Å². The Labute approximate surface area is 181 Å². The van der Waals surface area contributed by atoms with Gasteiger partial charge in [0, 0.05) is 38.0 Å². The molecular formula is C22H26ClN5O2. The van der Waals surface area contributed by atoms with Crippen LogP contribution in [0.3, 0.4) is 0 Å². The van der Waals surface area contributed by atoms with Crippen molar-refractivity contribution >= 4 is 29.1 Å². The molecule has 0 aliphatic carbocycles. The van der Waals surface area contributed by atoms with Crippen LogP contribution in [0.15, 0.2) is 18.2 Å². The van der Waals surface area contributed by atoms with Crippen molar-refractivity contribution in [2.75, 3.05) is 18.0 Å². The SMILES string of the molecule is O=C1CCCN1c1cc(C(=O)N2CCCC2c2nnc3n2CCCCC3)ccc1Cl. The second kappa shape index (κ2) is 8.02. The number of carbonyl (C=O) groups excluding carboxylic acids is 2. The molecule has 5 rings (SSSR count). The highest BCUT2D eigenvalue weighted by atomic mass is 35.5. The second-order valence-corrected chi connectivity index (χ2v) is 8.82. The van der Waals surface area contributed by atoms with Crippen molar-refractivity contribution in [3.8, 4) is 0 Å². The van der Waals surface area contributed by atoms with E-state index in [4.69, 9.17) is 11.6 Å². The van der Waals surface area contributed by atoms with Gasteiger partial charge in [-0.05, 0) is 50.3 Å². The summed E-state index contributed by atoms with van der Waals surface area (Å²) in [5, 5.41) is 9.43. The van der Waals surface area contributed by atoms with Gasteiger partial charge in [-0.25, -0.2) is 0 Å². The Hall–Kier alpha value is -2.41. The molecule has 0 radical (unpaired) electrons. The number of anilines is 1. The normalized spacial score (nSPS) is 21.8. The minimum absolute atomic E-state index is 0.0342. The molecule has 2 fully saturated rings. The number of hydrogen-bond donors (Lipinski definition) is 0. The molecule has 0 saturated carbocycles. The number of aryl methyl sites for hydroxylation is 1. The topological polar surface area (TPSA) is 71.3 Å². The quantitative estimate of drug-likeness (QED) is 0.747. The van der Waals surface area contributed by atoms with Crippen molar-refractivity contribution in [3.63, 3.8) is 0 Å². The summed E-state index contributed by atoms with van der Waals surface area (Å²) in [5.74, 6) is 1.99. The summed E-state index contributed by atoms with van der Waals surface area (Å²) < 4.78 is 2.24. The summed E-state index contributed by atoms with van der Waals surface area (Å²) in [7, 11) is 0. The van der Waals surface area contributed by atoms with E-state index in [2.05, 4.69) is 14.8 Å². The standard InChI is InChI=1S/C22H26ClN5O2/c23-16-10-9-15(14-18(16)26-12-5-8-20(26)29)22(30)27-13-4-6-17(27)21-25-24-19-7-2-1-3-11-28(19)21/h9-10,14,17H,1-8,11-13H2. The maximum Gasteiger partial charge on any atom is 0.254 e. The first-order chi connectivity index (χ1) is 14.6. The van der Waals surface area contributed by atoms with Crippen LogP contribution in [0.1, 0.15) is 73.0 Å². The predicted molar refractivity (Wildman–Crippen MR) is 114 cm³/mol. The van der Waals surface area contributed by atoms with E-state index in [-0.39, 0.29) is 17.9 Å². The third-order valence-corrected chi connectivity index (χ3v) is 6.83. The van der Waals surface area contributed by atoms with E-state index in [0.717, 1.165) is 56.7 Å². The zero-order valence-corrected chi connectivity index (χ0v) is 17.8. The lowest BCUT2D eigenvalue weighted by Crippen LogP contribution is -2.32. The fraction of sp³-hybridized carbons (Fsp3) is 0.545. The monoisotopic (exact) mass is 427 g/mol. The van der Waals surface area contributed by atoms with Crippen molar-refractivity contribution in [3.05, 3.63) is 40.4 Å². The molecule has 0 bridgehead atoms. The van der Waals surface area contributed by atoms with Gasteiger partial charge < -0.3 is 14.4 Å². The summed E-state index contributed by atoms with van der Waals surface area (Å²) in [6.07, 6.45) is 7.63. The third-order valence-electron chi connectivity index (χ3n) is 6.51. The number of carbonyl (C=O) groups is 2. The third kappa shape index (κ3) is 3.39. The molecule has 1 aromatic heterocycles. The van der Waals surface area contributed by atoms with Crippen molar-refractivity contribution in [2.45, 2.75) is 64.0 Å². The molecule has 0 N–H and O–H groups in total. The molecule has 1 aromatic carbocycles. The molecule has 158 valence electrons. The van der Waals surface area contributed by atoms with Crippen molar-refractivity contribution in [2.24, 2.45) is 0 Å². The molecule has 30 heavy (non-hydrogen) atoms. The summed E-state index contributed by atoms with van der Waals surface area (Å²) >= 11 is 6.37. The molecular weight excluding hydrogens is 402 g/mol. The second-order valence-electron chi connectivity index (χ2n) is 8.41. The Bertz CT molecular complexity index is 988. The largest absolute Gasteiger partial charge is 0.328 e. The smallest absolute Gasteiger partial charge is 0.254 e. The number of likely N-dealkylation sites (tertiary alicyclic amines) is 1. The highest BCUT2D eigenvalue weighted by molar-refractivity contribution is 6.34. The van der Waals surface area contributed by atoms with Gasteiger partial charge in [0.25, 0.3) is 5.91 Å². The number of halogens is 1. The molecule has 4 heterocycles. The highest BCUT2D eigenvalue weighted by Gasteiger charge is 2.35. The lowest BCUT2D eigenvalue weighted by atomic mass is 10.1. The van der Waals surface area contributed by atoms with E-state index in [1.54, 1.807) is 23.1 Å². The Balaban J connectivity index is 1.44. The zero-order valence-electron chi connectivity index (χ0n) is 17.0. The lowest BCUT2D eigenvalue weighted by molar-refractivity contribution is -0.117. The maximum atomic E-state index is 13.5. The first-order valence-corrected chi connectivity index (χ1v) is 11.3. The van der Waals surface area contributed by atoms with E-state index in [0.29, 0.717) is 35.8 Å². The van der Waals surface area contributed by atoms with Gasteiger partial charge in [-0.3, -0.25) is 9.59 Å². The van der Waals surface area contributed by atoms with Crippen LogP contribution >= 0.6 is 11.6 Å². The number of nitrogens with zero attached hydrogens (tertiary/aromatic N) is 5. The van der Waals surface area contributed by atoms with Crippen LogP contribution in [0, 0.1) is 0 Å². The zero-order chi connectivity index (χ0) is 20.7. The van der Waals surface area contributed by atoms with Gasteiger partial charge >= 0.3 is 0 Å². The molecule has 8 heteroatoms. The maximum absolute atomic E-state index is 13.5. The molecule has 1 unspecified atom stereocenters. The van der Waals surface area contributed by atoms with Crippen molar-refractivity contribution in [1.29, 1.82) is 0 Å².